The molecule has 5 rings (SSSR count). The van der Waals surface area contributed by atoms with E-state index in [1.165, 1.54) is 51.9 Å². The summed E-state index contributed by atoms with van der Waals surface area (Å²) in [6.07, 6.45) is -3.35. The molecule has 14 heteroatoms. The maximum Gasteiger partial charge on any atom is 0.573 e. The molecular formula is C31H29F3N6O4S. The Bertz CT molecular complexity index is 1750. The highest BCUT2D eigenvalue weighted by Gasteiger charge is 2.33. The van der Waals surface area contributed by atoms with Crippen LogP contribution in [0.5, 0.6) is 11.5 Å². The molecule has 2 heterocycles. The third-order valence-electron chi connectivity index (χ3n) is 6.69. The molecular weight excluding hydrogens is 609 g/mol. The molecule has 10 nitrogen and oxygen atoms in total. The van der Waals surface area contributed by atoms with Gasteiger partial charge in [-0.2, -0.15) is 4.99 Å². The number of thioether (sulfide) groups is 1. The van der Waals surface area contributed by atoms with Crippen LogP contribution in [0.25, 0.3) is 5.69 Å². The van der Waals surface area contributed by atoms with Crippen molar-refractivity contribution < 1.29 is 32.2 Å². The van der Waals surface area contributed by atoms with Gasteiger partial charge in [0.25, 0.3) is 0 Å². The van der Waals surface area contributed by atoms with Crippen molar-refractivity contribution in [1.29, 1.82) is 0 Å². The van der Waals surface area contributed by atoms with E-state index in [0.29, 0.717) is 33.7 Å². The second-order valence-corrected chi connectivity index (χ2v) is 11.4. The number of aliphatic imine (C=N–C) groups is 1. The maximum absolute atomic E-state index is 12.9. The normalized spacial score (nSPS) is 14.4. The van der Waals surface area contributed by atoms with Gasteiger partial charge >= 0.3 is 12.4 Å². The van der Waals surface area contributed by atoms with E-state index in [0.717, 1.165) is 16.8 Å². The Morgan fingerprint density at radius 3 is 2.49 bits per heavy atom. The molecule has 4 aromatic rings. The monoisotopic (exact) mass is 638 g/mol. The number of ether oxygens (including phenoxy) is 2. The Labute approximate surface area is 261 Å². The lowest BCUT2D eigenvalue weighted by atomic mass is 9.99. The van der Waals surface area contributed by atoms with Crippen LogP contribution in [0.4, 0.5) is 29.3 Å². The van der Waals surface area contributed by atoms with Gasteiger partial charge < -0.3 is 14.8 Å². The molecule has 1 aromatic heterocycles. The third kappa shape index (κ3) is 7.81. The van der Waals surface area contributed by atoms with Crippen molar-refractivity contribution in [2.75, 3.05) is 16.0 Å². The molecule has 1 N–H and O–H groups in total. The number of amides is 3. The predicted octanol–water partition coefficient (Wildman–Crippen LogP) is 7.15. The minimum absolute atomic E-state index is 0.0273. The van der Waals surface area contributed by atoms with Gasteiger partial charge in [-0.1, -0.05) is 37.7 Å². The number of alkyl halides is 3. The van der Waals surface area contributed by atoms with Gasteiger partial charge in [-0.3, -0.25) is 9.69 Å². The van der Waals surface area contributed by atoms with Crippen LogP contribution < -0.4 is 19.7 Å². The first kappa shape index (κ1) is 31.6. The molecule has 0 bridgehead atoms. The molecule has 0 atom stereocenters. The maximum atomic E-state index is 12.9. The zero-order chi connectivity index (χ0) is 32.3. The highest BCUT2D eigenvalue weighted by atomic mass is 32.2. The number of carbonyl (C=O) groups excluding carboxylic acids is 2. The summed E-state index contributed by atoms with van der Waals surface area (Å²) in [6.45, 7) is 7.88. The lowest BCUT2D eigenvalue weighted by Gasteiger charge is -2.22. The summed E-state index contributed by atoms with van der Waals surface area (Å²) >= 11 is 1.22. The van der Waals surface area contributed by atoms with E-state index < -0.39 is 12.4 Å². The van der Waals surface area contributed by atoms with Gasteiger partial charge in [-0.25, -0.2) is 14.5 Å². The van der Waals surface area contributed by atoms with E-state index in [9.17, 15) is 22.8 Å². The highest BCUT2D eigenvalue weighted by Crippen LogP contribution is 2.34. The Morgan fingerprint density at radius 2 is 1.80 bits per heavy atom. The Kier molecular flexibility index (Phi) is 9.14. The van der Waals surface area contributed by atoms with E-state index in [-0.39, 0.29) is 29.9 Å². The van der Waals surface area contributed by atoms with Crippen LogP contribution in [0.15, 0.2) is 72.0 Å². The van der Waals surface area contributed by atoms with Crippen LogP contribution in [0.1, 0.15) is 42.3 Å². The number of amidine groups is 1. The van der Waals surface area contributed by atoms with Gasteiger partial charge in [0, 0.05) is 5.69 Å². The Balaban J connectivity index is 1.21. The van der Waals surface area contributed by atoms with Gasteiger partial charge in [-0.05, 0) is 85.0 Å². The summed E-state index contributed by atoms with van der Waals surface area (Å²) < 4.78 is 48.3. The molecule has 0 spiro atoms. The molecule has 3 amide bonds. The fourth-order valence-corrected chi connectivity index (χ4v) is 5.41. The quantitative estimate of drug-likeness (QED) is 0.218. The average Bonchev–Trinajstić information content (AvgIpc) is 3.59. The van der Waals surface area contributed by atoms with Crippen molar-refractivity contribution in [2.24, 2.45) is 4.99 Å². The number of carbonyl (C=O) groups is 2. The van der Waals surface area contributed by atoms with Crippen LogP contribution in [0, 0.1) is 13.8 Å². The summed E-state index contributed by atoms with van der Waals surface area (Å²) in [7, 11) is 0. The molecule has 45 heavy (non-hydrogen) atoms. The van der Waals surface area contributed by atoms with Crippen molar-refractivity contribution in [3.8, 4) is 17.2 Å². The molecule has 1 fully saturated rings. The van der Waals surface area contributed by atoms with E-state index in [1.54, 1.807) is 25.1 Å². The largest absolute Gasteiger partial charge is 0.573 e. The van der Waals surface area contributed by atoms with Crippen molar-refractivity contribution in [1.82, 2.24) is 14.8 Å². The van der Waals surface area contributed by atoms with Crippen LogP contribution in [-0.2, 0) is 11.4 Å². The van der Waals surface area contributed by atoms with Crippen LogP contribution in [0.2, 0.25) is 0 Å². The molecule has 0 unspecified atom stereocenters. The van der Waals surface area contributed by atoms with Gasteiger partial charge in [0.1, 0.15) is 24.4 Å². The number of urea groups is 1. The molecule has 0 radical (unpaired) electrons. The van der Waals surface area contributed by atoms with Crippen molar-refractivity contribution >= 4 is 40.2 Å². The van der Waals surface area contributed by atoms with Gasteiger partial charge in [0.15, 0.2) is 11.0 Å². The molecule has 1 aliphatic rings. The summed E-state index contributed by atoms with van der Waals surface area (Å²) in [5.74, 6) is 0.744. The Morgan fingerprint density at radius 1 is 1.07 bits per heavy atom. The molecule has 0 aliphatic carbocycles. The lowest BCUT2D eigenvalue weighted by molar-refractivity contribution is -0.274. The number of hydrogen-bond donors (Lipinski definition) is 1. The number of rotatable bonds is 8. The van der Waals surface area contributed by atoms with E-state index >= 15 is 0 Å². The first-order valence-corrected chi connectivity index (χ1v) is 14.8. The summed E-state index contributed by atoms with van der Waals surface area (Å²) in [5, 5.41) is 7.40. The van der Waals surface area contributed by atoms with E-state index in [1.807, 2.05) is 39.0 Å². The summed E-state index contributed by atoms with van der Waals surface area (Å²) in [4.78, 5) is 35.7. The third-order valence-corrected chi connectivity index (χ3v) is 7.62. The number of benzene rings is 3. The van der Waals surface area contributed by atoms with Crippen molar-refractivity contribution in [3.05, 3.63) is 89.5 Å². The van der Waals surface area contributed by atoms with Gasteiger partial charge in [-0.15, -0.1) is 18.3 Å². The van der Waals surface area contributed by atoms with Crippen LogP contribution in [0.3, 0.4) is 0 Å². The second-order valence-electron chi connectivity index (χ2n) is 10.5. The summed E-state index contributed by atoms with van der Waals surface area (Å²) in [5.41, 5.74) is 4.46. The van der Waals surface area contributed by atoms with Crippen molar-refractivity contribution in [2.45, 2.75) is 46.6 Å². The fourth-order valence-electron chi connectivity index (χ4n) is 4.55. The summed E-state index contributed by atoms with van der Waals surface area (Å²) in [6, 6.07) is 15.6. The number of aryl methyl sites for hydroxylation is 2. The first-order valence-electron chi connectivity index (χ1n) is 13.8. The smallest absolute Gasteiger partial charge is 0.486 e. The lowest BCUT2D eigenvalue weighted by Crippen LogP contribution is -2.31. The first-order chi connectivity index (χ1) is 21.4. The van der Waals surface area contributed by atoms with Gasteiger partial charge in [0.2, 0.25) is 5.91 Å². The van der Waals surface area contributed by atoms with E-state index in [2.05, 4.69) is 25.1 Å². The Hall–Kier alpha value is -4.85. The molecule has 234 valence electrons. The predicted molar refractivity (Wildman–Crippen MR) is 165 cm³/mol. The zero-order valence-electron chi connectivity index (χ0n) is 24.8. The standard InChI is InChI=1S/C31H29F3N6O4S/c1-18(2)24-11-5-19(3)13-26(24)40-28(41)16-45-30(40)37-29(42)36-25-12-10-23(14-20(25)4)43-15-27-35-17-39(38-27)21-6-8-22(9-7-21)44-31(32,33)34/h5-14,17-18H,15-16H2,1-4H3,(H,36,42)/b37-30-. The number of anilines is 2. The number of hydrogen-bond acceptors (Lipinski definition) is 7. The minimum atomic E-state index is -4.77. The van der Waals surface area contributed by atoms with Crippen LogP contribution >= 0.6 is 11.8 Å². The topological polar surface area (TPSA) is 111 Å². The SMILES string of the molecule is Cc1ccc(C(C)C)c(N2C(=O)CS/C2=N\C(=O)Nc2ccc(OCc3ncn(-c4ccc(OC(F)(F)F)cc4)n3)cc2C)c1. The fraction of sp³-hybridized carbons (Fsp3) is 0.258. The average molecular weight is 639 g/mol. The highest BCUT2D eigenvalue weighted by molar-refractivity contribution is 8.15. The number of halogens is 3. The number of aromatic nitrogens is 3. The van der Waals surface area contributed by atoms with Gasteiger partial charge in [0.05, 0.1) is 17.1 Å². The molecule has 1 aliphatic heterocycles. The van der Waals surface area contributed by atoms with E-state index in [4.69, 9.17) is 4.74 Å². The zero-order valence-corrected chi connectivity index (χ0v) is 25.6. The minimum Gasteiger partial charge on any atom is -0.486 e. The number of nitrogens with zero attached hydrogens (tertiary/aromatic N) is 5. The second kappa shape index (κ2) is 13.0. The number of nitrogens with one attached hydrogen (secondary N) is 1. The molecule has 3 aromatic carbocycles. The van der Waals surface area contributed by atoms with Crippen LogP contribution in [-0.4, -0.2) is 44.0 Å². The molecule has 0 saturated carbocycles. The van der Waals surface area contributed by atoms with Crippen molar-refractivity contribution in [3.63, 3.8) is 0 Å². The molecule has 1 saturated heterocycles.